The maximum absolute atomic E-state index is 6.11. The molecule has 1 aromatic carbocycles. The molecule has 1 aliphatic rings. The molecule has 21 heavy (non-hydrogen) atoms. The summed E-state index contributed by atoms with van der Waals surface area (Å²) in [7, 11) is 0. The summed E-state index contributed by atoms with van der Waals surface area (Å²) in [6.45, 7) is 7.35. The molecule has 1 aliphatic heterocycles. The number of unbranched alkanes of at least 4 members (excludes halogenated alkanes) is 1. The zero-order valence-corrected chi connectivity index (χ0v) is 13.7. The number of hydrogen-bond donors (Lipinski definition) is 1. The van der Waals surface area contributed by atoms with Crippen LogP contribution in [0.25, 0.3) is 0 Å². The molecule has 1 heterocycles. The van der Waals surface area contributed by atoms with Gasteiger partial charge in [0.05, 0.1) is 5.02 Å². The fraction of sp³-hybridized carbons (Fsp3) is 0.647. The van der Waals surface area contributed by atoms with E-state index >= 15 is 0 Å². The summed E-state index contributed by atoms with van der Waals surface area (Å²) in [4.78, 5) is 2.52. The average molecular weight is 311 g/mol. The fourth-order valence-electron chi connectivity index (χ4n) is 2.75. The van der Waals surface area contributed by atoms with Gasteiger partial charge in [0.25, 0.3) is 0 Å². The van der Waals surface area contributed by atoms with Gasteiger partial charge in [-0.1, -0.05) is 37.1 Å². The highest BCUT2D eigenvalue weighted by molar-refractivity contribution is 6.32. The van der Waals surface area contributed by atoms with Crippen LogP contribution in [0.5, 0.6) is 5.75 Å². The number of ether oxygens (including phenoxy) is 1. The van der Waals surface area contributed by atoms with Crippen LogP contribution in [0.15, 0.2) is 24.3 Å². The van der Waals surface area contributed by atoms with Gasteiger partial charge < -0.3 is 10.1 Å². The zero-order chi connectivity index (χ0) is 14.9. The van der Waals surface area contributed by atoms with Crippen molar-refractivity contribution in [2.24, 2.45) is 0 Å². The molecule has 0 spiro atoms. The van der Waals surface area contributed by atoms with Gasteiger partial charge in [-0.2, -0.15) is 0 Å². The third-order valence-corrected chi connectivity index (χ3v) is 4.28. The van der Waals surface area contributed by atoms with E-state index in [2.05, 4.69) is 17.1 Å². The number of nitrogens with zero attached hydrogens (tertiary/aromatic N) is 1. The van der Waals surface area contributed by atoms with E-state index in [-0.39, 0.29) is 0 Å². The second-order valence-corrected chi connectivity index (χ2v) is 6.13. The van der Waals surface area contributed by atoms with Gasteiger partial charge >= 0.3 is 0 Å². The van der Waals surface area contributed by atoms with Crippen molar-refractivity contribution in [2.45, 2.75) is 38.6 Å². The number of rotatable bonds is 9. The van der Waals surface area contributed by atoms with Gasteiger partial charge in [-0.05, 0) is 44.5 Å². The Morgan fingerprint density at radius 2 is 2.19 bits per heavy atom. The van der Waals surface area contributed by atoms with Gasteiger partial charge in [0.15, 0.2) is 0 Å². The Morgan fingerprint density at radius 3 is 2.90 bits per heavy atom. The molecular formula is C17H27ClN2O. The van der Waals surface area contributed by atoms with Crippen LogP contribution in [0.4, 0.5) is 0 Å². The van der Waals surface area contributed by atoms with E-state index in [0.717, 1.165) is 25.4 Å². The lowest BCUT2D eigenvalue weighted by Gasteiger charge is -2.25. The number of nitrogens with one attached hydrogen (secondary N) is 1. The van der Waals surface area contributed by atoms with Gasteiger partial charge in [-0.3, -0.25) is 4.90 Å². The van der Waals surface area contributed by atoms with Crippen LogP contribution in [0.3, 0.4) is 0 Å². The Labute approximate surface area is 133 Å². The van der Waals surface area contributed by atoms with Crippen molar-refractivity contribution < 1.29 is 4.74 Å². The van der Waals surface area contributed by atoms with Gasteiger partial charge in [0.1, 0.15) is 12.4 Å². The van der Waals surface area contributed by atoms with E-state index in [1.54, 1.807) is 0 Å². The minimum atomic E-state index is 0.655. The predicted molar refractivity (Wildman–Crippen MR) is 89.3 cm³/mol. The molecule has 2 rings (SSSR count). The first-order valence-electron chi connectivity index (χ1n) is 8.12. The summed E-state index contributed by atoms with van der Waals surface area (Å²) < 4.78 is 5.82. The number of hydrogen-bond acceptors (Lipinski definition) is 3. The third-order valence-electron chi connectivity index (χ3n) is 3.97. The Morgan fingerprint density at radius 1 is 1.33 bits per heavy atom. The minimum Gasteiger partial charge on any atom is -0.491 e. The van der Waals surface area contributed by atoms with Crippen LogP contribution in [0.1, 0.15) is 32.6 Å². The molecule has 1 aromatic rings. The van der Waals surface area contributed by atoms with Gasteiger partial charge in [0, 0.05) is 19.1 Å². The average Bonchev–Trinajstić information content (AvgIpc) is 2.99. The largest absolute Gasteiger partial charge is 0.491 e. The first-order valence-corrected chi connectivity index (χ1v) is 8.50. The minimum absolute atomic E-state index is 0.655. The first-order chi connectivity index (χ1) is 10.3. The van der Waals surface area contributed by atoms with Crippen molar-refractivity contribution >= 4 is 11.6 Å². The van der Waals surface area contributed by atoms with Gasteiger partial charge in [0.2, 0.25) is 0 Å². The number of benzene rings is 1. The Bertz CT molecular complexity index is 408. The van der Waals surface area contributed by atoms with Crippen molar-refractivity contribution in [3.05, 3.63) is 29.3 Å². The van der Waals surface area contributed by atoms with Gasteiger partial charge in [-0.15, -0.1) is 0 Å². The van der Waals surface area contributed by atoms with Gasteiger partial charge in [-0.25, -0.2) is 0 Å². The molecule has 0 aliphatic carbocycles. The molecule has 4 heteroatoms. The SMILES string of the molecule is CCCCN(CCOc1ccccc1Cl)CC1CCCN1. The standard InChI is InChI=1S/C17H27ClN2O/c1-2-3-11-20(14-15-7-6-10-19-15)12-13-21-17-9-5-4-8-16(17)18/h4-5,8-9,15,19H,2-3,6-7,10-14H2,1H3. The Kier molecular flexibility index (Phi) is 7.34. The second kappa shape index (κ2) is 9.29. The van der Waals surface area contributed by atoms with E-state index in [1.807, 2.05) is 24.3 Å². The van der Waals surface area contributed by atoms with Crippen LogP contribution in [-0.2, 0) is 0 Å². The quantitative estimate of drug-likeness (QED) is 0.754. The van der Waals surface area contributed by atoms with Crippen LogP contribution in [0, 0.1) is 0 Å². The molecule has 0 radical (unpaired) electrons. The van der Waals surface area contributed by atoms with Crippen molar-refractivity contribution in [1.29, 1.82) is 0 Å². The van der Waals surface area contributed by atoms with E-state index in [0.29, 0.717) is 17.7 Å². The molecule has 1 saturated heterocycles. The summed E-state index contributed by atoms with van der Waals surface area (Å²) in [6.07, 6.45) is 5.09. The third kappa shape index (κ3) is 5.85. The molecule has 1 unspecified atom stereocenters. The molecule has 1 fully saturated rings. The molecule has 1 N–H and O–H groups in total. The second-order valence-electron chi connectivity index (χ2n) is 5.73. The molecule has 0 bridgehead atoms. The van der Waals surface area contributed by atoms with E-state index in [9.17, 15) is 0 Å². The molecule has 118 valence electrons. The summed E-state index contributed by atoms with van der Waals surface area (Å²) in [6, 6.07) is 8.33. The summed E-state index contributed by atoms with van der Waals surface area (Å²) in [5.41, 5.74) is 0. The van der Waals surface area contributed by atoms with Crippen LogP contribution >= 0.6 is 11.6 Å². The van der Waals surface area contributed by atoms with Crippen LogP contribution in [-0.4, -0.2) is 43.7 Å². The molecule has 1 atom stereocenters. The van der Waals surface area contributed by atoms with E-state index in [4.69, 9.17) is 16.3 Å². The summed E-state index contributed by atoms with van der Waals surface area (Å²) in [5.74, 6) is 0.786. The van der Waals surface area contributed by atoms with E-state index in [1.165, 1.54) is 32.2 Å². The smallest absolute Gasteiger partial charge is 0.137 e. The topological polar surface area (TPSA) is 24.5 Å². The highest BCUT2D eigenvalue weighted by atomic mass is 35.5. The summed E-state index contributed by atoms with van der Waals surface area (Å²) >= 11 is 6.11. The molecule has 0 saturated carbocycles. The Balaban J connectivity index is 1.76. The highest BCUT2D eigenvalue weighted by Crippen LogP contribution is 2.22. The van der Waals surface area contributed by atoms with Crippen molar-refractivity contribution in [3.8, 4) is 5.75 Å². The highest BCUT2D eigenvalue weighted by Gasteiger charge is 2.17. The van der Waals surface area contributed by atoms with Crippen molar-refractivity contribution in [1.82, 2.24) is 10.2 Å². The number of para-hydroxylation sites is 1. The maximum atomic E-state index is 6.11. The Hall–Kier alpha value is -0.770. The van der Waals surface area contributed by atoms with Crippen molar-refractivity contribution in [2.75, 3.05) is 32.8 Å². The van der Waals surface area contributed by atoms with Crippen LogP contribution in [0.2, 0.25) is 5.02 Å². The lowest BCUT2D eigenvalue weighted by atomic mass is 10.2. The van der Waals surface area contributed by atoms with E-state index < -0.39 is 0 Å². The molecule has 0 amide bonds. The van der Waals surface area contributed by atoms with Crippen molar-refractivity contribution in [3.63, 3.8) is 0 Å². The van der Waals surface area contributed by atoms with Crippen LogP contribution < -0.4 is 10.1 Å². The molecular weight excluding hydrogens is 284 g/mol. The number of halogens is 1. The lowest BCUT2D eigenvalue weighted by Crippen LogP contribution is -2.40. The molecule has 3 nitrogen and oxygen atoms in total. The predicted octanol–water partition coefficient (Wildman–Crippen LogP) is 3.57. The monoisotopic (exact) mass is 310 g/mol. The molecule has 0 aromatic heterocycles. The normalized spacial score (nSPS) is 18.3. The fourth-order valence-corrected chi connectivity index (χ4v) is 2.94. The first kappa shape index (κ1) is 16.6. The maximum Gasteiger partial charge on any atom is 0.137 e. The zero-order valence-electron chi connectivity index (χ0n) is 13.0. The summed E-state index contributed by atoms with van der Waals surface area (Å²) in [5, 5.41) is 4.27. The lowest BCUT2D eigenvalue weighted by molar-refractivity contribution is 0.194.